The van der Waals surface area contributed by atoms with Crippen LogP contribution >= 0.6 is 0 Å². The molecule has 0 aliphatic rings. The van der Waals surface area contributed by atoms with Crippen molar-refractivity contribution in [3.8, 4) is 27.9 Å². The second kappa shape index (κ2) is 7.55. The number of aromatic nitrogens is 1. The fourth-order valence-corrected chi connectivity index (χ4v) is 4.93. The molecule has 5 aromatic carbocycles. The van der Waals surface area contributed by atoms with Crippen molar-refractivity contribution in [1.82, 2.24) is 4.57 Å². The topological polar surface area (TPSA) is 4.93 Å². The van der Waals surface area contributed by atoms with E-state index in [1.165, 1.54) is 55.3 Å². The van der Waals surface area contributed by atoms with Gasteiger partial charge in [-0.25, -0.2) is 0 Å². The minimum atomic E-state index is 1.18. The molecule has 0 bridgehead atoms. The largest absolute Gasteiger partial charge is 0.309 e. The van der Waals surface area contributed by atoms with E-state index >= 15 is 0 Å². The van der Waals surface area contributed by atoms with Crippen LogP contribution in [-0.2, 0) is 0 Å². The summed E-state index contributed by atoms with van der Waals surface area (Å²) in [6.07, 6.45) is 0. The molecule has 1 heterocycles. The molecule has 0 amide bonds. The van der Waals surface area contributed by atoms with Gasteiger partial charge < -0.3 is 4.57 Å². The first-order chi connectivity index (χ1) is 15.8. The average Bonchev–Trinajstić information content (AvgIpc) is 3.20. The van der Waals surface area contributed by atoms with Gasteiger partial charge in [-0.1, -0.05) is 97.1 Å². The average molecular weight is 410 g/mol. The molecular formula is C31H23N. The molecule has 152 valence electrons. The Morgan fingerprint density at radius 1 is 0.438 bits per heavy atom. The standard InChI is InChI=1S/C31H23N/c1-22-12-5-6-15-24(22)25-16-7-8-17-26(25)27-19-11-21-30-31(27)28-18-9-10-20-29(28)32(30)23-13-3-2-4-14-23/h2-21H,1H3. The summed E-state index contributed by atoms with van der Waals surface area (Å²) in [4.78, 5) is 0. The molecule has 0 atom stereocenters. The van der Waals surface area contributed by atoms with E-state index in [4.69, 9.17) is 0 Å². The van der Waals surface area contributed by atoms with Crippen molar-refractivity contribution in [2.45, 2.75) is 6.92 Å². The Kier molecular flexibility index (Phi) is 4.40. The lowest BCUT2D eigenvalue weighted by atomic mass is 9.90. The summed E-state index contributed by atoms with van der Waals surface area (Å²) < 4.78 is 2.38. The van der Waals surface area contributed by atoms with Crippen LogP contribution in [0.4, 0.5) is 0 Å². The van der Waals surface area contributed by atoms with E-state index in [9.17, 15) is 0 Å². The van der Waals surface area contributed by atoms with Gasteiger partial charge in [0.05, 0.1) is 11.0 Å². The highest BCUT2D eigenvalue weighted by Crippen LogP contribution is 2.41. The molecule has 0 unspecified atom stereocenters. The van der Waals surface area contributed by atoms with Crippen molar-refractivity contribution >= 4 is 21.8 Å². The Morgan fingerprint density at radius 2 is 1.00 bits per heavy atom. The summed E-state index contributed by atoms with van der Waals surface area (Å²) in [6.45, 7) is 2.19. The minimum absolute atomic E-state index is 1.18. The Bertz CT molecular complexity index is 1570. The van der Waals surface area contributed by atoms with Gasteiger partial charge in [0.2, 0.25) is 0 Å². The first kappa shape index (κ1) is 18.7. The summed E-state index contributed by atoms with van der Waals surface area (Å²) in [7, 11) is 0. The van der Waals surface area contributed by atoms with Crippen molar-refractivity contribution in [3.63, 3.8) is 0 Å². The zero-order chi connectivity index (χ0) is 21.5. The molecule has 6 rings (SSSR count). The summed E-state index contributed by atoms with van der Waals surface area (Å²) in [6, 6.07) is 43.5. The van der Waals surface area contributed by atoms with Crippen LogP contribution in [0.3, 0.4) is 0 Å². The lowest BCUT2D eigenvalue weighted by Gasteiger charge is -2.14. The van der Waals surface area contributed by atoms with Gasteiger partial charge in [-0.05, 0) is 59.0 Å². The van der Waals surface area contributed by atoms with Gasteiger partial charge in [0.15, 0.2) is 0 Å². The molecule has 0 aliphatic carbocycles. The van der Waals surface area contributed by atoms with Gasteiger partial charge in [0.1, 0.15) is 0 Å². The fraction of sp³-hybridized carbons (Fsp3) is 0.0323. The van der Waals surface area contributed by atoms with Gasteiger partial charge in [-0.15, -0.1) is 0 Å². The molecule has 32 heavy (non-hydrogen) atoms. The molecule has 0 saturated heterocycles. The quantitative estimate of drug-likeness (QED) is 0.276. The van der Waals surface area contributed by atoms with Crippen LogP contribution in [0.1, 0.15) is 5.56 Å². The molecule has 0 aliphatic heterocycles. The number of aryl methyl sites for hydroxylation is 1. The molecule has 0 radical (unpaired) electrons. The Balaban J connectivity index is 1.72. The summed E-state index contributed by atoms with van der Waals surface area (Å²) in [5, 5.41) is 2.58. The Morgan fingerprint density at radius 3 is 1.78 bits per heavy atom. The molecule has 1 nitrogen and oxygen atoms in total. The van der Waals surface area contributed by atoms with E-state index in [2.05, 4.69) is 133 Å². The van der Waals surface area contributed by atoms with Crippen LogP contribution < -0.4 is 0 Å². The van der Waals surface area contributed by atoms with E-state index in [1.54, 1.807) is 0 Å². The third-order valence-electron chi connectivity index (χ3n) is 6.36. The number of hydrogen-bond acceptors (Lipinski definition) is 0. The van der Waals surface area contributed by atoms with Crippen molar-refractivity contribution in [1.29, 1.82) is 0 Å². The van der Waals surface area contributed by atoms with Crippen LogP contribution in [0.25, 0.3) is 49.7 Å². The Hall–Kier alpha value is -4.10. The third-order valence-corrected chi connectivity index (χ3v) is 6.36. The maximum atomic E-state index is 2.38. The molecule has 0 spiro atoms. The predicted octanol–water partition coefficient (Wildman–Crippen LogP) is 8.43. The van der Waals surface area contributed by atoms with E-state index in [0.29, 0.717) is 0 Å². The van der Waals surface area contributed by atoms with Gasteiger partial charge in [-0.3, -0.25) is 0 Å². The van der Waals surface area contributed by atoms with Crippen molar-refractivity contribution in [3.05, 3.63) is 127 Å². The van der Waals surface area contributed by atoms with Crippen molar-refractivity contribution in [2.75, 3.05) is 0 Å². The van der Waals surface area contributed by atoms with Crippen molar-refractivity contribution in [2.24, 2.45) is 0 Å². The van der Waals surface area contributed by atoms with Gasteiger partial charge in [0, 0.05) is 16.5 Å². The Labute approximate surface area is 188 Å². The maximum absolute atomic E-state index is 2.38. The van der Waals surface area contributed by atoms with Gasteiger partial charge >= 0.3 is 0 Å². The smallest absolute Gasteiger partial charge is 0.0547 e. The van der Waals surface area contributed by atoms with Crippen molar-refractivity contribution < 1.29 is 0 Å². The third kappa shape index (κ3) is 2.86. The number of hydrogen-bond donors (Lipinski definition) is 0. The second-order valence-corrected chi connectivity index (χ2v) is 8.25. The number of fused-ring (bicyclic) bond motifs is 3. The molecule has 0 saturated carbocycles. The first-order valence-electron chi connectivity index (χ1n) is 11.1. The highest BCUT2D eigenvalue weighted by molar-refractivity contribution is 6.16. The molecule has 6 aromatic rings. The highest BCUT2D eigenvalue weighted by Gasteiger charge is 2.17. The van der Waals surface area contributed by atoms with Gasteiger partial charge in [0.25, 0.3) is 0 Å². The van der Waals surface area contributed by atoms with E-state index in [1.807, 2.05) is 0 Å². The van der Waals surface area contributed by atoms with E-state index in [-0.39, 0.29) is 0 Å². The van der Waals surface area contributed by atoms with Crippen LogP contribution in [0.5, 0.6) is 0 Å². The van der Waals surface area contributed by atoms with Gasteiger partial charge in [-0.2, -0.15) is 0 Å². The first-order valence-corrected chi connectivity index (χ1v) is 11.1. The molecule has 1 aromatic heterocycles. The molecule has 1 heteroatoms. The number of nitrogens with zero attached hydrogens (tertiary/aromatic N) is 1. The van der Waals surface area contributed by atoms with Crippen LogP contribution in [-0.4, -0.2) is 4.57 Å². The summed E-state index contributed by atoms with van der Waals surface area (Å²) in [5.74, 6) is 0. The fourth-order valence-electron chi connectivity index (χ4n) is 4.93. The number of benzene rings is 5. The highest BCUT2D eigenvalue weighted by atomic mass is 15.0. The zero-order valence-corrected chi connectivity index (χ0v) is 18.0. The van der Waals surface area contributed by atoms with Crippen LogP contribution in [0.2, 0.25) is 0 Å². The minimum Gasteiger partial charge on any atom is -0.309 e. The van der Waals surface area contributed by atoms with Crippen LogP contribution in [0, 0.1) is 6.92 Å². The number of para-hydroxylation sites is 2. The molecule has 0 fully saturated rings. The lowest BCUT2D eigenvalue weighted by molar-refractivity contribution is 1.18. The predicted molar refractivity (Wildman–Crippen MR) is 136 cm³/mol. The summed E-state index contributed by atoms with van der Waals surface area (Å²) in [5.41, 5.74) is 10.0. The monoisotopic (exact) mass is 409 g/mol. The van der Waals surface area contributed by atoms with E-state index < -0.39 is 0 Å². The number of rotatable bonds is 3. The SMILES string of the molecule is Cc1ccccc1-c1ccccc1-c1cccc2c1c1ccccc1n2-c1ccccc1. The molecule has 0 N–H and O–H groups in total. The van der Waals surface area contributed by atoms with E-state index in [0.717, 1.165) is 0 Å². The lowest BCUT2D eigenvalue weighted by Crippen LogP contribution is -1.93. The summed E-state index contributed by atoms with van der Waals surface area (Å²) >= 11 is 0. The van der Waals surface area contributed by atoms with Crippen LogP contribution in [0.15, 0.2) is 121 Å². The second-order valence-electron chi connectivity index (χ2n) is 8.25. The zero-order valence-electron chi connectivity index (χ0n) is 18.0. The maximum Gasteiger partial charge on any atom is 0.0547 e. The normalized spacial score (nSPS) is 11.3. The molecular weight excluding hydrogens is 386 g/mol.